The third-order valence-electron chi connectivity index (χ3n) is 5.21. The average Bonchev–Trinajstić information content (AvgIpc) is 2.69. The summed E-state index contributed by atoms with van der Waals surface area (Å²) in [6.45, 7) is 7.49. The van der Waals surface area contributed by atoms with Crippen LogP contribution in [0.2, 0.25) is 0 Å². The minimum absolute atomic E-state index is 0.0740. The lowest BCUT2D eigenvalue weighted by atomic mass is 10.00. The molecule has 1 heterocycles. The maximum atomic E-state index is 9.37. The molecular formula is C23H31N3O2. The predicted molar refractivity (Wildman–Crippen MR) is 114 cm³/mol. The summed E-state index contributed by atoms with van der Waals surface area (Å²) in [5.74, 6) is 1.25. The Balaban J connectivity index is 1.52. The van der Waals surface area contributed by atoms with Crippen LogP contribution in [0.1, 0.15) is 34.8 Å². The van der Waals surface area contributed by atoms with Crippen molar-refractivity contribution in [2.24, 2.45) is 4.99 Å². The number of morpholine rings is 1. The number of phenolic OH excluding ortho intramolecular Hbond substituents is 1. The number of nitrogens with one attached hydrogen (secondary N) is 1. The van der Waals surface area contributed by atoms with Crippen LogP contribution in [0.5, 0.6) is 5.75 Å². The quantitative estimate of drug-likeness (QED) is 0.472. The number of phenols is 1. The number of guanidine groups is 1. The molecule has 0 bridgehead atoms. The van der Waals surface area contributed by atoms with Crippen LogP contribution >= 0.6 is 0 Å². The number of aliphatic imine (C=N–C) groups is 1. The lowest BCUT2D eigenvalue weighted by molar-refractivity contribution is -0.00831. The van der Waals surface area contributed by atoms with E-state index in [1.165, 1.54) is 22.3 Å². The lowest BCUT2D eigenvalue weighted by Crippen LogP contribution is -2.48. The van der Waals surface area contributed by atoms with E-state index in [1.54, 1.807) is 12.1 Å². The van der Waals surface area contributed by atoms with Crippen LogP contribution in [0.4, 0.5) is 0 Å². The van der Waals surface area contributed by atoms with Crippen LogP contribution in [0.15, 0.2) is 47.5 Å². The molecule has 2 N–H and O–H groups in total. The van der Waals surface area contributed by atoms with E-state index in [1.807, 2.05) is 19.2 Å². The van der Waals surface area contributed by atoms with Gasteiger partial charge in [-0.25, -0.2) is 0 Å². The minimum Gasteiger partial charge on any atom is -0.508 e. The molecule has 3 rings (SSSR count). The Morgan fingerprint density at radius 3 is 2.71 bits per heavy atom. The first-order valence-electron chi connectivity index (χ1n) is 9.99. The number of aromatic hydroxyl groups is 1. The van der Waals surface area contributed by atoms with Gasteiger partial charge in [-0.1, -0.05) is 35.9 Å². The molecule has 1 aliphatic rings. The van der Waals surface area contributed by atoms with Crippen LogP contribution in [0.3, 0.4) is 0 Å². The molecule has 0 aromatic heterocycles. The normalized spacial score (nSPS) is 17.6. The zero-order chi connectivity index (χ0) is 19.9. The van der Waals surface area contributed by atoms with E-state index in [0.29, 0.717) is 12.4 Å². The maximum absolute atomic E-state index is 9.37. The van der Waals surface area contributed by atoms with Crippen LogP contribution < -0.4 is 5.32 Å². The molecule has 0 saturated carbocycles. The predicted octanol–water partition coefficient (Wildman–Crippen LogP) is 3.59. The van der Waals surface area contributed by atoms with E-state index in [0.717, 1.165) is 38.4 Å². The molecule has 28 heavy (non-hydrogen) atoms. The molecule has 2 aromatic rings. The van der Waals surface area contributed by atoms with Crippen molar-refractivity contribution in [3.63, 3.8) is 0 Å². The van der Waals surface area contributed by atoms with Crippen LogP contribution in [0, 0.1) is 13.8 Å². The van der Waals surface area contributed by atoms with Gasteiger partial charge in [-0.2, -0.15) is 0 Å². The second-order valence-corrected chi connectivity index (χ2v) is 7.41. The molecule has 5 heteroatoms. The Morgan fingerprint density at radius 1 is 1.21 bits per heavy atom. The molecule has 0 spiro atoms. The second kappa shape index (κ2) is 9.60. The van der Waals surface area contributed by atoms with Crippen molar-refractivity contribution in [1.82, 2.24) is 10.2 Å². The summed E-state index contributed by atoms with van der Waals surface area (Å²) >= 11 is 0. The SMILES string of the molecule is CN=C(NCCCc1ccc(O)cc1)N1CCOC(c2ccc(C)cc2C)C1. The number of aryl methyl sites for hydroxylation is 3. The number of nitrogens with zero attached hydrogens (tertiary/aromatic N) is 2. The average molecular weight is 382 g/mol. The number of rotatable bonds is 5. The number of hydrogen-bond acceptors (Lipinski definition) is 3. The third-order valence-corrected chi connectivity index (χ3v) is 5.21. The molecule has 1 unspecified atom stereocenters. The molecule has 0 amide bonds. The van der Waals surface area contributed by atoms with E-state index in [4.69, 9.17) is 4.74 Å². The first-order valence-corrected chi connectivity index (χ1v) is 9.99. The highest BCUT2D eigenvalue weighted by molar-refractivity contribution is 5.80. The molecule has 2 aromatic carbocycles. The molecule has 1 aliphatic heterocycles. The highest BCUT2D eigenvalue weighted by atomic mass is 16.5. The molecule has 0 radical (unpaired) electrons. The fraction of sp³-hybridized carbons (Fsp3) is 0.435. The van der Waals surface area contributed by atoms with Crippen molar-refractivity contribution < 1.29 is 9.84 Å². The van der Waals surface area contributed by atoms with Gasteiger partial charge in [-0.05, 0) is 55.5 Å². The Bertz CT molecular complexity index is 802. The summed E-state index contributed by atoms with van der Waals surface area (Å²) in [5, 5.41) is 12.9. The fourth-order valence-electron chi connectivity index (χ4n) is 3.70. The third kappa shape index (κ3) is 5.26. The van der Waals surface area contributed by atoms with E-state index in [2.05, 4.69) is 47.3 Å². The largest absolute Gasteiger partial charge is 0.508 e. The van der Waals surface area contributed by atoms with Crippen molar-refractivity contribution in [3.8, 4) is 5.75 Å². The van der Waals surface area contributed by atoms with Crippen LogP contribution in [-0.4, -0.2) is 49.3 Å². The van der Waals surface area contributed by atoms with Gasteiger partial charge in [0.15, 0.2) is 5.96 Å². The monoisotopic (exact) mass is 381 g/mol. The highest BCUT2D eigenvalue weighted by Crippen LogP contribution is 2.25. The maximum Gasteiger partial charge on any atom is 0.193 e. The second-order valence-electron chi connectivity index (χ2n) is 7.41. The smallest absolute Gasteiger partial charge is 0.193 e. The Hall–Kier alpha value is -2.53. The van der Waals surface area contributed by atoms with E-state index < -0.39 is 0 Å². The standard InChI is InChI=1S/C23H31N3O2/c1-17-6-11-21(18(2)15-17)22-16-26(13-14-28-22)23(24-3)25-12-4-5-19-7-9-20(27)10-8-19/h6-11,15,22,27H,4-5,12-14,16H2,1-3H3,(H,24,25). The van der Waals surface area contributed by atoms with E-state index in [9.17, 15) is 5.11 Å². The van der Waals surface area contributed by atoms with Crippen LogP contribution in [-0.2, 0) is 11.2 Å². The summed E-state index contributed by atoms with van der Waals surface area (Å²) in [6.07, 6.45) is 2.05. The summed E-state index contributed by atoms with van der Waals surface area (Å²) in [4.78, 5) is 6.76. The van der Waals surface area contributed by atoms with Gasteiger partial charge in [0.1, 0.15) is 11.9 Å². The minimum atomic E-state index is 0.0740. The molecule has 1 atom stereocenters. The Kier molecular flexibility index (Phi) is 6.93. The molecule has 5 nitrogen and oxygen atoms in total. The van der Waals surface area contributed by atoms with Gasteiger partial charge in [0, 0.05) is 20.1 Å². The Morgan fingerprint density at radius 2 is 2.00 bits per heavy atom. The molecule has 1 saturated heterocycles. The number of hydrogen-bond donors (Lipinski definition) is 2. The molecule has 150 valence electrons. The van der Waals surface area contributed by atoms with Gasteiger partial charge in [0.2, 0.25) is 0 Å². The van der Waals surface area contributed by atoms with E-state index >= 15 is 0 Å². The van der Waals surface area contributed by atoms with Gasteiger partial charge in [-0.3, -0.25) is 4.99 Å². The zero-order valence-electron chi connectivity index (χ0n) is 17.1. The molecular weight excluding hydrogens is 350 g/mol. The molecule has 0 aliphatic carbocycles. The first-order chi connectivity index (χ1) is 13.6. The van der Waals surface area contributed by atoms with Crippen molar-refractivity contribution in [2.75, 3.05) is 33.3 Å². The zero-order valence-corrected chi connectivity index (χ0v) is 17.1. The summed E-state index contributed by atoms with van der Waals surface area (Å²) < 4.78 is 6.06. The van der Waals surface area contributed by atoms with Crippen LogP contribution in [0.25, 0.3) is 0 Å². The number of ether oxygens (including phenoxy) is 1. The number of benzene rings is 2. The van der Waals surface area contributed by atoms with Gasteiger partial charge < -0.3 is 20.1 Å². The summed E-state index contributed by atoms with van der Waals surface area (Å²) in [7, 11) is 1.84. The van der Waals surface area contributed by atoms with Crippen molar-refractivity contribution in [3.05, 3.63) is 64.7 Å². The van der Waals surface area contributed by atoms with Crippen molar-refractivity contribution in [2.45, 2.75) is 32.8 Å². The summed E-state index contributed by atoms with van der Waals surface area (Å²) in [6, 6.07) is 14.0. The summed E-state index contributed by atoms with van der Waals surface area (Å²) in [5.41, 5.74) is 5.05. The van der Waals surface area contributed by atoms with Gasteiger partial charge in [0.25, 0.3) is 0 Å². The van der Waals surface area contributed by atoms with Gasteiger partial charge in [0.05, 0.1) is 13.2 Å². The van der Waals surface area contributed by atoms with E-state index in [-0.39, 0.29) is 6.10 Å². The fourth-order valence-corrected chi connectivity index (χ4v) is 3.70. The van der Waals surface area contributed by atoms with Crippen molar-refractivity contribution in [1.29, 1.82) is 0 Å². The molecule has 1 fully saturated rings. The highest BCUT2D eigenvalue weighted by Gasteiger charge is 2.25. The van der Waals surface area contributed by atoms with Crippen molar-refractivity contribution >= 4 is 5.96 Å². The first kappa shape index (κ1) is 20.2. The van der Waals surface area contributed by atoms with Gasteiger partial charge >= 0.3 is 0 Å². The van der Waals surface area contributed by atoms with Gasteiger partial charge in [-0.15, -0.1) is 0 Å². The topological polar surface area (TPSA) is 57.1 Å². The Labute approximate surface area is 168 Å². The lowest BCUT2D eigenvalue weighted by Gasteiger charge is -2.36.